The van der Waals surface area contributed by atoms with Crippen molar-refractivity contribution in [2.75, 3.05) is 20.2 Å². The summed E-state index contributed by atoms with van der Waals surface area (Å²) in [5.41, 5.74) is 2.51. The molecule has 1 aliphatic heterocycles. The van der Waals surface area contributed by atoms with E-state index in [-0.39, 0.29) is 24.6 Å². The topological polar surface area (TPSA) is 73.7 Å². The van der Waals surface area contributed by atoms with E-state index in [1.54, 1.807) is 23.7 Å². The van der Waals surface area contributed by atoms with Crippen molar-refractivity contribution >= 4 is 22.9 Å². The molecule has 1 unspecified atom stereocenters. The maximum Gasteiger partial charge on any atom is 0.410 e. The zero-order chi connectivity index (χ0) is 19.0. The van der Waals surface area contributed by atoms with Gasteiger partial charge in [-0.3, -0.25) is 4.79 Å². The van der Waals surface area contributed by atoms with Crippen LogP contribution in [0.25, 0.3) is 11.0 Å². The normalized spacial score (nSPS) is 16.6. The number of nitrogens with zero attached hydrogens (tertiary/aromatic N) is 3. The van der Waals surface area contributed by atoms with Crippen LogP contribution in [0.5, 0.6) is 5.75 Å². The Morgan fingerprint density at radius 2 is 2.04 bits per heavy atom. The first-order valence-electron chi connectivity index (χ1n) is 8.62. The van der Waals surface area contributed by atoms with Crippen molar-refractivity contribution in [2.45, 2.75) is 6.10 Å². The van der Waals surface area contributed by atoms with Gasteiger partial charge >= 0.3 is 6.09 Å². The van der Waals surface area contributed by atoms with Crippen molar-refractivity contribution in [3.63, 3.8) is 0 Å². The number of carbonyl (C=O) groups is 2. The SMILES string of the molecule is CN1CC(c2cccc(OCC(=O)c3nc4ccccc4n3C)c2)OC1=O. The third-order valence-electron chi connectivity index (χ3n) is 4.63. The summed E-state index contributed by atoms with van der Waals surface area (Å²) >= 11 is 0. The number of ether oxygens (including phenoxy) is 2. The lowest BCUT2D eigenvalue weighted by Crippen LogP contribution is -2.17. The lowest BCUT2D eigenvalue weighted by molar-refractivity contribution is 0.0908. The number of fused-ring (bicyclic) bond motifs is 1. The van der Waals surface area contributed by atoms with E-state index in [0.29, 0.717) is 18.1 Å². The highest BCUT2D eigenvalue weighted by Gasteiger charge is 2.29. The molecule has 0 saturated carbocycles. The fourth-order valence-corrected chi connectivity index (χ4v) is 3.16. The number of imidazole rings is 1. The lowest BCUT2D eigenvalue weighted by atomic mass is 10.1. The molecule has 7 nitrogen and oxygen atoms in total. The number of hydrogen-bond donors (Lipinski definition) is 0. The summed E-state index contributed by atoms with van der Waals surface area (Å²) in [6.07, 6.45) is -0.676. The molecule has 1 atom stereocenters. The highest BCUT2D eigenvalue weighted by molar-refractivity contribution is 5.97. The number of Topliss-reactive ketones (excluding diaryl/α,β-unsaturated/α-hetero) is 1. The zero-order valence-corrected chi connectivity index (χ0v) is 15.1. The Morgan fingerprint density at radius 3 is 2.78 bits per heavy atom. The average molecular weight is 365 g/mol. The van der Waals surface area contributed by atoms with Crippen LogP contribution in [-0.2, 0) is 11.8 Å². The van der Waals surface area contributed by atoms with Gasteiger partial charge in [-0.15, -0.1) is 0 Å². The van der Waals surface area contributed by atoms with E-state index in [1.165, 1.54) is 4.90 Å². The van der Waals surface area contributed by atoms with Gasteiger partial charge in [-0.25, -0.2) is 9.78 Å². The van der Waals surface area contributed by atoms with Crippen LogP contribution in [0.1, 0.15) is 22.3 Å². The van der Waals surface area contributed by atoms with Crippen LogP contribution < -0.4 is 4.74 Å². The molecule has 4 rings (SSSR count). The molecule has 1 amide bonds. The van der Waals surface area contributed by atoms with Crippen LogP contribution in [-0.4, -0.2) is 46.5 Å². The number of para-hydroxylation sites is 2. The Balaban J connectivity index is 1.47. The largest absolute Gasteiger partial charge is 0.485 e. The highest BCUT2D eigenvalue weighted by Crippen LogP contribution is 2.27. The van der Waals surface area contributed by atoms with Gasteiger partial charge in [0.15, 0.2) is 12.4 Å². The molecule has 3 aromatic rings. The Labute approximate surface area is 156 Å². The number of cyclic esters (lactones) is 1. The van der Waals surface area contributed by atoms with Crippen molar-refractivity contribution in [3.05, 3.63) is 59.9 Å². The summed E-state index contributed by atoms with van der Waals surface area (Å²) in [4.78, 5) is 30.0. The molecular weight excluding hydrogens is 346 g/mol. The maximum atomic E-state index is 12.6. The molecule has 0 N–H and O–H groups in total. The van der Waals surface area contributed by atoms with E-state index in [4.69, 9.17) is 9.47 Å². The summed E-state index contributed by atoms with van der Waals surface area (Å²) in [5.74, 6) is 0.704. The first-order valence-corrected chi connectivity index (χ1v) is 8.62. The molecule has 0 aliphatic carbocycles. The molecule has 0 spiro atoms. The molecule has 0 bridgehead atoms. The van der Waals surface area contributed by atoms with Gasteiger partial charge in [-0.05, 0) is 29.8 Å². The van der Waals surface area contributed by atoms with E-state index in [1.807, 2.05) is 43.4 Å². The summed E-state index contributed by atoms with van der Waals surface area (Å²) in [7, 11) is 3.51. The highest BCUT2D eigenvalue weighted by atomic mass is 16.6. The monoisotopic (exact) mass is 365 g/mol. The molecule has 7 heteroatoms. The number of amides is 1. The molecule has 1 aromatic heterocycles. The third kappa shape index (κ3) is 3.23. The minimum Gasteiger partial charge on any atom is -0.485 e. The van der Waals surface area contributed by atoms with Gasteiger partial charge in [-0.1, -0.05) is 24.3 Å². The number of carbonyl (C=O) groups excluding carboxylic acids is 2. The van der Waals surface area contributed by atoms with Crippen LogP contribution in [0.3, 0.4) is 0 Å². The predicted molar refractivity (Wildman–Crippen MR) is 98.8 cm³/mol. The maximum absolute atomic E-state index is 12.6. The van der Waals surface area contributed by atoms with Crippen molar-refractivity contribution in [3.8, 4) is 5.75 Å². The van der Waals surface area contributed by atoms with E-state index >= 15 is 0 Å². The second-order valence-corrected chi connectivity index (χ2v) is 6.52. The Hall–Kier alpha value is -3.35. The van der Waals surface area contributed by atoms with Crippen molar-refractivity contribution in [1.82, 2.24) is 14.5 Å². The number of ketones is 1. The fraction of sp³-hybridized carbons (Fsp3) is 0.250. The molecule has 1 saturated heterocycles. The van der Waals surface area contributed by atoms with Gasteiger partial charge in [0, 0.05) is 14.1 Å². The summed E-state index contributed by atoms with van der Waals surface area (Å²) in [5, 5.41) is 0. The van der Waals surface area contributed by atoms with Crippen LogP contribution >= 0.6 is 0 Å². The lowest BCUT2D eigenvalue weighted by Gasteiger charge is -2.11. The third-order valence-corrected chi connectivity index (χ3v) is 4.63. The molecule has 1 aliphatic rings. The summed E-state index contributed by atoms with van der Waals surface area (Å²) < 4.78 is 12.7. The van der Waals surface area contributed by atoms with E-state index in [0.717, 1.165) is 16.6 Å². The van der Waals surface area contributed by atoms with Crippen molar-refractivity contribution in [2.24, 2.45) is 7.05 Å². The minimum atomic E-state index is -0.344. The van der Waals surface area contributed by atoms with Crippen LogP contribution in [0.2, 0.25) is 0 Å². The van der Waals surface area contributed by atoms with Gasteiger partial charge in [-0.2, -0.15) is 0 Å². The minimum absolute atomic E-state index is 0.120. The number of hydrogen-bond acceptors (Lipinski definition) is 5. The number of aryl methyl sites for hydroxylation is 1. The second kappa shape index (κ2) is 6.75. The molecule has 2 aromatic carbocycles. The van der Waals surface area contributed by atoms with Crippen LogP contribution in [0.15, 0.2) is 48.5 Å². The number of benzene rings is 2. The predicted octanol–water partition coefficient (Wildman–Crippen LogP) is 2.96. The zero-order valence-electron chi connectivity index (χ0n) is 15.1. The molecular formula is C20H19N3O4. The van der Waals surface area contributed by atoms with E-state index < -0.39 is 0 Å². The molecule has 0 radical (unpaired) electrons. The first-order chi connectivity index (χ1) is 13.0. The number of likely N-dealkylation sites (N-methyl/N-ethyl adjacent to an activating group) is 1. The van der Waals surface area contributed by atoms with Gasteiger partial charge in [0.2, 0.25) is 5.78 Å². The van der Waals surface area contributed by atoms with Gasteiger partial charge in [0.05, 0.1) is 17.6 Å². The van der Waals surface area contributed by atoms with Crippen molar-refractivity contribution in [1.29, 1.82) is 0 Å². The van der Waals surface area contributed by atoms with E-state index in [2.05, 4.69) is 4.98 Å². The molecule has 1 fully saturated rings. The molecule has 27 heavy (non-hydrogen) atoms. The van der Waals surface area contributed by atoms with Crippen LogP contribution in [0.4, 0.5) is 4.79 Å². The standard InChI is InChI=1S/C20H19N3O4/c1-22-11-18(27-20(22)25)13-6-5-7-14(10-13)26-12-17(24)19-21-15-8-3-4-9-16(15)23(19)2/h3-10,18H,11-12H2,1-2H3. The van der Waals surface area contributed by atoms with Gasteiger partial charge in [0.25, 0.3) is 0 Å². The Morgan fingerprint density at radius 1 is 1.22 bits per heavy atom. The van der Waals surface area contributed by atoms with Gasteiger partial charge < -0.3 is 18.9 Å². The smallest absolute Gasteiger partial charge is 0.410 e. The average Bonchev–Trinajstić information content (AvgIpc) is 3.20. The van der Waals surface area contributed by atoms with Crippen molar-refractivity contribution < 1.29 is 19.1 Å². The molecule has 2 heterocycles. The summed E-state index contributed by atoms with van der Waals surface area (Å²) in [6, 6.07) is 14.8. The Bertz CT molecular complexity index is 1030. The second-order valence-electron chi connectivity index (χ2n) is 6.52. The van der Waals surface area contributed by atoms with Gasteiger partial charge in [0.1, 0.15) is 11.9 Å². The fourth-order valence-electron chi connectivity index (χ4n) is 3.16. The van der Waals surface area contributed by atoms with Crippen LogP contribution in [0, 0.1) is 0 Å². The van der Waals surface area contributed by atoms with E-state index in [9.17, 15) is 9.59 Å². The number of aromatic nitrogens is 2. The quantitative estimate of drug-likeness (QED) is 0.650. The molecule has 138 valence electrons. The number of rotatable bonds is 5. The summed E-state index contributed by atoms with van der Waals surface area (Å²) in [6.45, 7) is 0.367. The first kappa shape index (κ1) is 17.1. The Kier molecular flexibility index (Phi) is 4.27.